The Balaban J connectivity index is 2.46. The molecule has 2 aromatic rings. The Morgan fingerprint density at radius 3 is 2.52 bits per heavy atom. The van der Waals surface area contributed by atoms with E-state index in [1.54, 1.807) is 12.1 Å². The van der Waals surface area contributed by atoms with Crippen LogP contribution in [0.2, 0.25) is 0 Å². The first-order valence-electron chi connectivity index (χ1n) is 6.42. The summed E-state index contributed by atoms with van der Waals surface area (Å²) in [7, 11) is 0. The van der Waals surface area contributed by atoms with Crippen molar-refractivity contribution in [2.45, 2.75) is 20.3 Å². The molecule has 0 saturated heterocycles. The van der Waals surface area contributed by atoms with Crippen molar-refractivity contribution in [2.24, 2.45) is 5.92 Å². The minimum atomic E-state index is -0.425. The number of aromatic amines is 1. The summed E-state index contributed by atoms with van der Waals surface area (Å²) < 4.78 is 1.29. The monoisotopic (exact) mass is 367 g/mol. The largest absolute Gasteiger partial charge is 0.342 e. The van der Waals surface area contributed by atoms with Gasteiger partial charge in [-0.3, -0.25) is 10.1 Å². The Labute approximate surface area is 135 Å². The number of halogens is 1. The van der Waals surface area contributed by atoms with E-state index in [0.717, 1.165) is 22.2 Å². The van der Waals surface area contributed by atoms with Crippen LogP contribution in [0.1, 0.15) is 19.5 Å². The van der Waals surface area contributed by atoms with Crippen molar-refractivity contribution in [1.29, 1.82) is 0 Å². The number of nitrogens with one attached hydrogen (secondary N) is 1. The van der Waals surface area contributed by atoms with Gasteiger partial charge < -0.3 is 4.98 Å². The quantitative estimate of drug-likeness (QED) is 0.483. The van der Waals surface area contributed by atoms with Crippen molar-refractivity contribution in [3.05, 3.63) is 49.2 Å². The maximum absolute atomic E-state index is 10.7. The molecule has 0 aliphatic rings. The van der Waals surface area contributed by atoms with Crippen LogP contribution in [0.3, 0.4) is 0 Å². The Kier molecular flexibility index (Phi) is 4.84. The van der Waals surface area contributed by atoms with Gasteiger partial charge in [-0.25, -0.2) is 4.98 Å². The van der Waals surface area contributed by atoms with Crippen LogP contribution >= 0.6 is 28.1 Å². The molecule has 1 heterocycles. The average Bonchev–Trinajstić information content (AvgIpc) is 2.43. The lowest BCUT2D eigenvalue weighted by atomic mass is 10.1. The van der Waals surface area contributed by atoms with E-state index in [-0.39, 0.29) is 5.69 Å². The summed E-state index contributed by atoms with van der Waals surface area (Å²) in [5.41, 5.74) is 1.81. The van der Waals surface area contributed by atoms with Gasteiger partial charge in [-0.15, -0.1) is 0 Å². The first-order valence-corrected chi connectivity index (χ1v) is 7.62. The van der Waals surface area contributed by atoms with Crippen molar-refractivity contribution < 1.29 is 4.92 Å². The molecule has 2 rings (SSSR count). The summed E-state index contributed by atoms with van der Waals surface area (Å²) in [5.74, 6) is 1.09. The number of nitrogens with zero attached hydrogens (tertiary/aromatic N) is 2. The Bertz CT molecular complexity index is 726. The molecule has 0 aliphatic carbocycles. The van der Waals surface area contributed by atoms with E-state index in [2.05, 4.69) is 39.7 Å². The number of aromatic nitrogens is 2. The standard InChI is InChI=1S/C14H14BrN3O2S/c1-8(2)7-11-12(15)14(21)17-13(16-11)9-3-5-10(6-4-9)18(19)20/h3-6,8H,7H2,1-2H3,(H,16,17,21). The zero-order valence-corrected chi connectivity index (χ0v) is 14.0. The summed E-state index contributed by atoms with van der Waals surface area (Å²) in [6, 6.07) is 6.24. The molecule has 0 fully saturated rings. The van der Waals surface area contributed by atoms with Gasteiger partial charge in [-0.2, -0.15) is 0 Å². The van der Waals surface area contributed by atoms with Gasteiger partial charge in [0.05, 0.1) is 9.40 Å². The van der Waals surface area contributed by atoms with Gasteiger partial charge in [0.25, 0.3) is 5.69 Å². The van der Waals surface area contributed by atoms with Crippen LogP contribution in [0, 0.1) is 20.7 Å². The van der Waals surface area contributed by atoms with E-state index in [0.29, 0.717) is 16.4 Å². The minimum Gasteiger partial charge on any atom is -0.342 e. The van der Waals surface area contributed by atoms with Crippen molar-refractivity contribution in [3.63, 3.8) is 0 Å². The summed E-state index contributed by atoms with van der Waals surface area (Å²) >= 11 is 8.72. The van der Waals surface area contributed by atoms with Crippen molar-refractivity contribution in [1.82, 2.24) is 9.97 Å². The second-order valence-electron chi connectivity index (χ2n) is 5.09. The molecule has 0 bridgehead atoms. The van der Waals surface area contributed by atoms with Gasteiger partial charge in [-0.05, 0) is 40.4 Å². The fourth-order valence-corrected chi connectivity index (χ4v) is 2.50. The second kappa shape index (κ2) is 6.44. The number of nitro benzene ring substituents is 1. The molecular weight excluding hydrogens is 354 g/mol. The van der Waals surface area contributed by atoms with Crippen molar-refractivity contribution in [2.75, 3.05) is 0 Å². The van der Waals surface area contributed by atoms with Crippen molar-refractivity contribution in [3.8, 4) is 11.4 Å². The van der Waals surface area contributed by atoms with Gasteiger partial charge in [0.1, 0.15) is 10.5 Å². The summed E-state index contributed by atoms with van der Waals surface area (Å²) in [6.07, 6.45) is 0.840. The summed E-state index contributed by atoms with van der Waals surface area (Å²) in [4.78, 5) is 17.8. The summed E-state index contributed by atoms with van der Waals surface area (Å²) in [5, 5.41) is 10.7. The number of hydrogen-bond acceptors (Lipinski definition) is 4. The van der Waals surface area contributed by atoms with Crippen molar-refractivity contribution >= 4 is 33.8 Å². The SMILES string of the molecule is CC(C)Cc1[nH]c(-c2ccc([N+](=O)[O-])cc2)nc(=S)c1Br. The van der Waals surface area contributed by atoms with Gasteiger partial charge in [0.2, 0.25) is 0 Å². The zero-order chi connectivity index (χ0) is 15.6. The molecule has 0 radical (unpaired) electrons. The number of benzene rings is 1. The average molecular weight is 368 g/mol. The number of rotatable bonds is 4. The molecular formula is C14H14BrN3O2S. The van der Waals surface area contributed by atoms with Gasteiger partial charge in [-0.1, -0.05) is 26.1 Å². The number of non-ortho nitro benzene ring substituents is 1. The molecule has 7 heteroatoms. The second-order valence-corrected chi connectivity index (χ2v) is 6.26. The molecule has 0 unspecified atom stereocenters. The number of H-pyrrole nitrogens is 1. The lowest BCUT2D eigenvalue weighted by molar-refractivity contribution is -0.384. The molecule has 0 amide bonds. The van der Waals surface area contributed by atoms with E-state index in [1.165, 1.54) is 12.1 Å². The van der Waals surface area contributed by atoms with Crippen LogP contribution in [0.25, 0.3) is 11.4 Å². The lowest BCUT2D eigenvalue weighted by Gasteiger charge is -2.10. The van der Waals surface area contributed by atoms with E-state index in [1.807, 2.05) is 0 Å². The van der Waals surface area contributed by atoms with Gasteiger partial charge >= 0.3 is 0 Å². The Morgan fingerprint density at radius 2 is 2.00 bits per heavy atom. The predicted octanol–water partition coefficient (Wildman–Crippen LogP) is 4.68. The van der Waals surface area contributed by atoms with Crippen LogP contribution in [0.5, 0.6) is 0 Å². The zero-order valence-electron chi connectivity index (χ0n) is 11.6. The Hall–Kier alpha value is -1.60. The van der Waals surface area contributed by atoms with Crippen LogP contribution in [0.4, 0.5) is 5.69 Å². The van der Waals surface area contributed by atoms with Crippen LogP contribution in [0.15, 0.2) is 28.7 Å². The highest BCUT2D eigenvalue weighted by molar-refractivity contribution is 9.10. The third kappa shape index (κ3) is 3.74. The third-order valence-corrected chi connectivity index (χ3v) is 4.31. The molecule has 0 atom stereocenters. The molecule has 1 aromatic heterocycles. The number of hydrogen-bond donors (Lipinski definition) is 1. The maximum Gasteiger partial charge on any atom is 0.269 e. The number of nitro groups is 1. The fraction of sp³-hybridized carbons (Fsp3) is 0.286. The van der Waals surface area contributed by atoms with E-state index < -0.39 is 4.92 Å². The molecule has 0 saturated carbocycles. The van der Waals surface area contributed by atoms with Gasteiger partial charge in [0.15, 0.2) is 0 Å². The highest BCUT2D eigenvalue weighted by Gasteiger charge is 2.11. The lowest BCUT2D eigenvalue weighted by Crippen LogP contribution is -2.02. The van der Waals surface area contributed by atoms with Gasteiger partial charge in [0, 0.05) is 23.4 Å². The molecule has 1 N–H and O–H groups in total. The fourth-order valence-electron chi connectivity index (χ4n) is 1.93. The maximum atomic E-state index is 10.7. The van der Waals surface area contributed by atoms with E-state index in [9.17, 15) is 10.1 Å². The predicted molar refractivity (Wildman–Crippen MR) is 87.8 cm³/mol. The first-order chi connectivity index (χ1) is 9.88. The molecule has 21 heavy (non-hydrogen) atoms. The third-order valence-electron chi connectivity index (χ3n) is 2.90. The Morgan fingerprint density at radius 1 is 1.38 bits per heavy atom. The van der Waals surface area contributed by atoms with Crippen LogP contribution < -0.4 is 0 Å². The smallest absolute Gasteiger partial charge is 0.269 e. The molecule has 5 nitrogen and oxygen atoms in total. The van der Waals surface area contributed by atoms with E-state index >= 15 is 0 Å². The first kappa shape index (κ1) is 15.8. The highest BCUT2D eigenvalue weighted by Crippen LogP contribution is 2.24. The minimum absolute atomic E-state index is 0.0527. The molecule has 110 valence electrons. The molecule has 1 aromatic carbocycles. The normalized spacial score (nSPS) is 10.9. The topological polar surface area (TPSA) is 71.8 Å². The van der Waals surface area contributed by atoms with E-state index in [4.69, 9.17) is 12.2 Å². The molecule has 0 aliphatic heterocycles. The molecule has 0 spiro atoms. The van der Waals surface area contributed by atoms with Crippen LogP contribution in [-0.4, -0.2) is 14.9 Å². The summed E-state index contributed by atoms with van der Waals surface area (Å²) in [6.45, 7) is 4.24. The highest BCUT2D eigenvalue weighted by atomic mass is 79.9. The van der Waals surface area contributed by atoms with Crippen LogP contribution in [-0.2, 0) is 6.42 Å².